The monoisotopic (exact) mass is 410 g/mol. The molecule has 0 spiro atoms. The van der Waals surface area contributed by atoms with Gasteiger partial charge in [-0.1, -0.05) is 23.7 Å². The summed E-state index contributed by atoms with van der Waals surface area (Å²) in [6, 6.07) is 7.96. The van der Waals surface area contributed by atoms with E-state index in [1.807, 2.05) is 27.7 Å². The Morgan fingerprint density at radius 1 is 1.19 bits per heavy atom. The first-order valence-electron chi connectivity index (χ1n) is 8.47. The summed E-state index contributed by atoms with van der Waals surface area (Å²) in [7, 11) is -0.722. The molecule has 1 N–H and O–H groups in total. The summed E-state index contributed by atoms with van der Waals surface area (Å²) in [4.78, 5) is 4.58. The fourth-order valence-corrected chi connectivity index (χ4v) is 3.84. The SMILES string of the molecule is Cc1nc(N[S+]([O-])c2ccccc2Cl)c(F)cc1B1OC(C)(C)C(C)(C)O1. The van der Waals surface area contributed by atoms with Crippen LogP contribution in [0.25, 0.3) is 0 Å². The number of halogens is 2. The summed E-state index contributed by atoms with van der Waals surface area (Å²) in [6.45, 7) is 9.43. The second-order valence-corrected chi connectivity index (χ2v) is 8.97. The van der Waals surface area contributed by atoms with E-state index in [1.54, 1.807) is 31.2 Å². The van der Waals surface area contributed by atoms with Crippen LogP contribution in [0.5, 0.6) is 0 Å². The number of benzene rings is 1. The number of rotatable bonds is 4. The van der Waals surface area contributed by atoms with Crippen LogP contribution in [0.3, 0.4) is 0 Å². The maximum atomic E-state index is 14.6. The standard InChI is InChI=1S/C18H21BClFN2O3S/c1-11-12(19-25-17(2,3)18(4,5)26-19)10-14(21)16(22-11)23-27(24)15-9-7-6-8-13(15)20/h6-10H,1-5H3,(H,22,23). The van der Waals surface area contributed by atoms with Crippen LogP contribution in [0.4, 0.5) is 10.2 Å². The highest BCUT2D eigenvalue weighted by atomic mass is 35.5. The van der Waals surface area contributed by atoms with Crippen LogP contribution in [-0.2, 0) is 20.7 Å². The zero-order valence-electron chi connectivity index (χ0n) is 15.8. The summed E-state index contributed by atoms with van der Waals surface area (Å²) < 4.78 is 41.6. The van der Waals surface area contributed by atoms with Crippen molar-refractivity contribution in [2.45, 2.75) is 50.7 Å². The number of aromatic nitrogens is 1. The van der Waals surface area contributed by atoms with E-state index in [0.717, 1.165) is 0 Å². The van der Waals surface area contributed by atoms with Crippen molar-refractivity contribution in [2.24, 2.45) is 0 Å². The molecule has 2 aromatic rings. The number of hydrogen-bond donors (Lipinski definition) is 1. The van der Waals surface area contributed by atoms with E-state index < -0.39 is 35.5 Å². The molecule has 5 nitrogen and oxygen atoms in total. The van der Waals surface area contributed by atoms with E-state index in [1.165, 1.54) is 6.07 Å². The third-order valence-electron chi connectivity index (χ3n) is 4.94. The molecule has 9 heteroatoms. The molecule has 1 aliphatic heterocycles. The number of nitrogens with one attached hydrogen (secondary N) is 1. The predicted molar refractivity (Wildman–Crippen MR) is 106 cm³/mol. The molecule has 0 amide bonds. The van der Waals surface area contributed by atoms with Gasteiger partial charge < -0.3 is 13.9 Å². The molecule has 2 heterocycles. The minimum Gasteiger partial charge on any atom is -0.588 e. The Hall–Kier alpha value is -1.32. The smallest absolute Gasteiger partial charge is 0.496 e. The molecule has 1 saturated heterocycles. The lowest BCUT2D eigenvalue weighted by Gasteiger charge is -2.32. The summed E-state index contributed by atoms with van der Waals surface area (Å²) >= 11 is 4.30. The summed E-state index contributed by atoms with van der Waals surface area (Å²) in [5.74, 6) is -0.767. The second-order valence-electron chi connectivity index (χ2n) is 7.38. The Kier molecular flexibility index (Phi) is 5.49. The van der Waals surface area contributed by atoms with Gasteiger partial charge in [0, 0.05) is 11.2 Å². The number of hydrogen-bond acceptors (Lipinski definition) is 5. The quantitative estimate of drug-likeness (QED) is 0.616. The first kappa shape index (κ1) is 20.4. The molecule has 27 heavy (non-hydrogen) atoms. The van der Waals surface area contributed by atoms with Crippen LogP contribution in [-0.4, -0.2) is 27.9 Å². The van der Waals surface area contributed by atoms with Crippen LogP contribution in [0, 0.1) is 12.7 Å². The van der Waals surface area contributed by atoms with Crippen LogP contribution < -0.4 is 10.2 Å². The molecule has 0 bridgehead atoms. The lowest BCUT2D eigenvalue weighted by Crippen LogP contribution is -2.41. The van der Waals surface area contributed by atoms with E-state index in [0.29, 0.717) is 21.1 Å². The number of aryl methyl sites for hydroxylation is 1. The van der Waals surface area contributed by atoms with Crippen molar-refractivity contribution in [1.29, 1.82) is 0 Å². The normalized spacial score (nSPS) is 19.2. The average molecular weight is 411 g/mol. The zero-order chi connectivity index (χ0) is 20.0. The number of nitrogens with zero attached hydrogens (tertiary/aromatic N) is 1. The number of pyridine rings is 1. The van der Waals surface area contributed by atoms with Crippen molar-refractivity contribution in [3.8, 4) is 0 Å². The Labute approximate surface area is 167 Å². The molecule has 3 rings (SSSR count). The van der Waals surface area contributed by atoms with Crippen LogP contribution in [0.15, 0.2) is 35.2 Å². The van der Waals surface area contributed by atoms with E-state index in [9.17, 15) is 8.94 Å². The fraction of sp³-hybridized carbons (Fsp3) is 0.389. The van der Waals surface area contributed by atoms with Crippen molar-refractivity contribution in [3.63, 3.8) is 0 Å². The van der Waals surface area contributed by atoms with E-state index >= 15 is 0 Å². The molecular formula is C18H21BClFN2O3S. The third-order valence-corrected chi connectivity index (χ3v) is 6.51. The minimum atomic E-state index is -1.74. The molecule has 1 aromatic carbocycles. The average Bonchev–Trinajstić information content (AvgIpc) is 2.78. The van der Waals surface area contributed by atoms with E-state index in [2.05, 4.69) is 9.71 Å². The summed E-state index contributed by atoms with van der Waals surface area (Å²) in [5, 5.41) is 0.328. The summed E-state index contributed by atoms with van der Waals surface area (Å²) in [6.07, 6.45) is 0. The van der Waals surface area contributed by atoms with Crippen molar-refractivity contribution in [2.75, 3.05) is 4.72 Å². The Morgan fingerprint density at radius 2 is 1.78 bits per heavy atom. The van der Waals surface area contributed by atoms with E-state index in [-0.39, 0.29) is 5.82 Å². The van der Waals surface area contributed by atoms with Crippen molar-refractivity contribution < 1.29 is 18.3 Å². The van der Waals surface area contributed by atoms with Crippen molar-refractivity contribution in [3.05, 3.63) is 46.9 Å². The van der Waals surface area contributed by atoms with Gasteiger partial charge in [0.2, 0.25) is 5.82 Å². The molecule has 0 aliphatic carbocycles. The molecular weight excluding hydrogens is 390 g/mol. The molecule has 0 saturated carbocycles. The van der Waals surface area contributed by atoms with Gasteiger partial charge in [-0.3, -0.25) is 0 Å². The topological polar surface area (TPSA) is 66.4 Å². The highest BCUT2D eigenvalue weighted by molar-refractivity contribution is 7.92. The molecule has 0 radical (unpaired) electrons. The maximum Gasteiger partial charge on any atom is 0.496 e. The maximum absolute atomic E-state index is 14.6. The van der Waals surface area contributed by atoms with Crippen molar-refractivity contribution >= 4 is 41.4 Å². The van der Waals surface area contributed by atoms with Gasteiger partial charge in [0.05, 0.1) is 16.2 Å². The molecule has 1 aliphatic rings. The molecule has 1 aromatic heterocycles. The zero-order valence-corrected chi connectivity index (χ0v) is 17.4. The van der Waals surface area contributed by atoms with Gasteiger partial charge in [-0.05, 0) is 52.8 Å². The van der Waals surface area contributed by atoms with Gasteiger partial charge in [-0.15, -0.1) is 0 Å². The molecule has 1 fully saturated rings. The fourth-order valence-electron chi connectivity index (χ4n) is 2.61. The largest absolute Gasteiger partial charge is 0.588 e. The van der Waals surface area contributed by atoms with Gasteiger partial charge in [-0.25, -0.2) is 9.37 Å². The Balaban J connectivity index is 1.85. The Morgan fingerprint density at radius 3 is 2.37 bits per heavy atom. The van der Waals surface area contributed by atoms with Crippen LogP contribution in [0.1, 0.15) is 33.4 Å². The predicted octanol–water partition coefficient (Wildman–Crippen LogP) is 3.62. The van der Waals surface area contributed by atoms with Crippen LogP contribution >= 0.6 is 11.6 Å². The lowest BCUT2D eigenvalue weighted by atomic mass is 9.78. The first-order valence-corrected chi connectivity index (χ1v) is 10.0. The lowest BCUT2D eigenvalue weighted by molar-refractivity contribution is 0.00578. The van der Waals surface area contributed by atoms with Gasteiger partial charge in [0.1, 0.15) is 11.4 Å². The molecule has 1 unspecified atom stereocenters. The molecule has 144 valence electrons. The minimum absolute atomic E-state index is 0.119. The first-order chi connectivity index (χ1) is 12.5. The van der Waals surface area contributed by atoms with Gasteiger partial charge in [0.15, 0.2) is 10.7 Å². The summed E-state index contributed by atoms with van der Waals surface area (Å²) in [5.41, 5.74) is -0.0552. The Bertz CT molecular complexity index is 852. The van der Waals surface area contributed by atoms with Crippen molar-refractivity contribution in [1.82, 2.24) is 4.98 Å². The van der Waals surface area contributed by atoms with E-state index in [4.69, 9.17) is 20.9 Å². The highest BCUT2D eigenvalue weighted by Gasteiger charge is 2.52. The molecule has 1 atom stereocenters. The van der Waals surface area contributed by atoms with Gasteiger partial charge in [0.25, 0.3) is 0 Å². The number of anilines is 1. The third kappa shape index (κ3) is 3.95. The van der Waals surface area contributed by atoms with Crippen LogP contribution in [0.2, 0.25) is 5.02 Å². The van der Waals surface area contributed by atoms with Gasteiger partial charge in [-0.2, -0.15) is 4.72 Å². The second kappa shape index (κ2) is 7.26. The highest BCUT2D eigenvalue weighted by Crippen LogP contribution is 2.36. The van der Waals surface area contributed by atoms with Gasteiger partial charge >= 0.3 is 7.12 Å².